The average Bonchev–Trinajstić information content (AvgIpc) is 2.58. The average molecular weight is 354 g/mol. The third-order valence-corrected chi connectivity index (χ3v) is 4.22. The van der Waals surface area contributed by atoms with Gasteiger partial charge in [-0.15, -0.1) is 0 Å². The van der Waals surface area contributed by atoms with E-state index in [1.54, 1.807) is 36.1 Å². The molecule has 0 unspecified atom stereocenters. The maximum absolute atomic E-state index is 12.1. The standard InChI is InChI=1S/C17H24ClN3O3/c1-14(22)21(8-7-20-9-11-24-12-10-20)6-5-19-17(23)15-3-2-4-16(18)13-15/h2-4,13H,5-12H2,1H3,(H,19,23). The van der Waals surface area contributed by atoms with Crippen molar-refractivity contribution in [2.45, 2.75) is 6.92 Å². The Balaban J connectivity index is 1.74. The van der Waals surface area contributed by atoms with E-state index in [4.69, 9.17) is 16.3 Å². The van der Waals surface area contributed by atoms with Crippen LogP contribution in [-0.2, 0) is 9.53 Å². The van der Waals surface area contributed by atoms with Crippen LogP contribution in [0.25, 0.3) is 0 Å². The molecule has 7 heteroatoms. The fraction of sp³-hybridized carbons (Fsp3) is 0.529. The van der Waals surface area contributed by atoms with Gasteiger partial charge >= 0.3 is 0 Å². The highest BCUT2D eigenvalue weighted by Crippen LogP contribution is 2.10. The summed E-state index contributed by atoms with van der Waals surface area (Å²) in [6, 6.07) is 6.79. The van der Waals surface area contributed by atoms with Crippen LogP contribution in [0.4, 0.5) is 0 Å². The zero-order valence-corrected chi connectivity index (χ0v) is 14.7. The Kier molecular flexibility index (Phi) is 7.49. The molecule has 1 aromatic carbocycles. The van der Waals surface area contributed by atoms with Gasteiger partial charge in [0.2, 0.25) is 5.91 Å². The molecule has 1 heterocycles. The first-order valence-corrected chi connectivity index (χ1v) is 8.53. The molecule has 1 fully saturated rings. The zero-order chi connectivity index (χ0) is 17.4. The number of benzene rings is 1. The summed E-state index contributed by atoms with van der Waals surface area (Å²) in [5, 5.41) is 3.35. The highest BCUT2D eigenvalue weighted by atomic mass is 35.5. The molecule has 0 aromatic heterocycles. The van der Waals surface area contributed by atoms with Crippen molar-refractivity contribution in [2.24, 2.45) is 0 Å². The molecule has 1 aromatic rings. The van der Waals surface area contributed by atoms with Gasteiger partial charge in [0.1, 0.15) is 0 Å². The lowest BCUT2D eigenvalue weighted by molar-refractivity contribution is -0.129. The van der Waals surface area contributed by atoms with Gasteiger partial charge in [-0.25, -0.2) is 0 Å². The predicted molar refractivity (Wildman–Crippen MR) is 93.3 cm³/mol. The van der Waals surface area contributed by atoms with Crippen LogP contribution in [0.5, 0.6) is 0 Å². The van der Waals surface area contributed by atoms with Gasteiger partial charge in [0, 0.05) is 56.8 Å². The summed E-state index contributed by atoms with van der Waals surface area (Å²) in [6.07, 6.45) is 0. The highest BCUT2D eigenvalue weighted by molar-refractivity contribution is 6.30. The van der Waals surface area contributed by atoms with E-state index in [1.165, 1.54) is 0 Å². The molecule has 0 aliphatic carbocycles. The van der Waals surface area contributed by atoms with Gasteiger partial charge in [-0.05, 0) is 18.2 Å². The summed E-state index contributed by atoms with van der Waals surface area (Å²) in [7, 11) is 0. The second kappa shape index (κ2) is 9.61. The summed E-state index contributed by atoms with van der Waals surface area (Å²) in [4.78, 5) is 27.9. The molecule has 0 bridgehead atoms. The molecule has 0 saturated carbocycles. The number of amides is 2. The summed E-state index contributed by atoms with van der Waals surface area (Å²) >= 11 is 5.88. The van der Waals surface area contributed by atoms with E-state index >= 15 is 0 Å². The van der Waals surface area contributed by atoms with E-state index in [0.29, 0.717) is 30.2 Å². The number of nitrogens with zero attached hydrogens (tertiary/aromatic N) is 2. The number of hydrogen-bond acceptors (Lipinski definition) is 4. The molecule has 2 amide bonds. The van der Waals surface area contributed by atoms with Crippen molar-refractivity contribution in [3.63, 3.8) is 0 Å². The van der Waals surface area contributed by atoms with E-state index in [2.05, 4.69) is 10.2 Å². The highest BCUT2D eigenvalue weighted by Gasteiger charge is 2.14. The van der Waals surface area contributed by atoms with E-state index in [9.17, 15) is 9.59 Å². The first kappa shape index (κ1) is 18.7. The zero-order valence-electron chi connectivity index (χ0n) is 14.0. The van der Waals surface area contributed by atoms with Gasteiger partial charge in [-0.2, -0.15) is 0 Å². The molecule has 1 aliphatic heterocycles. The van der Waals surface area contributed by atoms with Gasteiger partial charge in [-0.3, -0.25) is 14.5 Å². The SMILES string of the molecule is CC(=O)N(CCNC(=O)c1cccc(Cl)c1)CCN1CCOCC1. The number of carbonyl (C=O) groups is 2. The van der Waals surface area contributed by atoms with Gasteiger partial charge in [0.15, 0.2) is 0 Å². The number of rotatable bonds is 7. The Labute approximate surface area is 147 Å². The van der Waals surface area contributed by atoms with Crippen molar-refractivity contribution in [1.82, 2.24) is 15.1 Å². The molecular formula is C17H24ClN3O3. The second-order valence-electron chi connectivity index (χ2n) is 5.73. The Morgan fingerprint density at radius 2 is 2.04 bits per heavy atom. The molecule has 6 nitrogen and oxygen atoms in total. The molecule has 24 heavy (non-hydrogen) atoms. The number of halogens is 1. The topological polar surface area (TPSA) is 61.9 Å². The van der Waals surface area contributed by atoms with Gasteiger partial charge in [-0.1, -0.05) is 17.7 Å². The summed E-state index contributed by atoms with van der Waals surface area (Å²) < 4.78 is 5.32. The first-order valence-electron chi connectivity index (χ1n) is 8.15. The molecule has 1 aliphatic rings. The van der Waals surface area contributed by atoms with E-state index in [1.807, 2.05) is 0 Å². The third-order valence-electron chi connectivity index (χ3n) is 3.99. The monoisotopic (exact) mass is 353 g/mol. The van der Waals surface area contributed by atoms with Gasteiger partial charge in [0.25, 0.3) is 5.91 Å². The lowest BCUT2D eigenvalue weighted by Crippen LogP contribution is -2.44. The van der Waals surface area contributed by atoms with Crippen molar-refractivity contribution >= 4 is 23.4 Å². The van der Waals surface area contributed by atoms with Crippen LogP contribution < -0.4 is 5.32 Å². The minimum atomic E-state index is -0.186. The second-order valence-corrected chi connectivity index (χ2v) is 6.16. The van der Waals surface area contributed by atoms with Crippen molar-refractivity contribution in [3.05, 3.63) is 34.9 Å². The van der Waals surface area contributed by atoms with Crippen LogP contribution in [0, 0.1) is 0 Å². The Morgan fingerprint density at radius 1 is 1.29 bits per heavy atom. The molecule has 0 spiro atoms. The van der Waals surface area contributed by atoms with Gasteiger partial charge in [0.05, 0.1) is 13.2 Å². The summed E-state index contributed by atoms with van der Waals surface area (Å²) in [6.45, 7) is 7.23. The van der Waals surface area contributed by atoms with Crippen LogP contribution in [0.1, 0.15) is 17.3 Å². The quantitative estimate of drug-likeness (QED) is 0.801. The van der Waals surface area contributed by atoms with Crippen LogP contribution in [-0.4, -0.2) is 74.1 Å². The van der Waals surface area contributed by atoms with Crippen LogP contribution in [0.3, 0.4) is 0 Å². The number of carbonyl (C=O) groups excluding carboxylic acids is 2. The minimum Gasteiger partial charge on any atom is -0.379 e. The normalized spacial score (nSPS) is 15.1. The van der Waals surface area contributed by atoms with Crippen molar-refractivity contribution in [2.75, 3.05) is 52.5 Å². The molecular weight excluding hydrogens is 330 g/mol. The fourth-order valence-electron chi connectivity index (χ4n) is 2.55. The smallest absolute Gasteiger partial charge is 0.251 e. The number of morpholine rings is 1. The summed E-state index contributed by atoms with van der Waals surface area (Å²) in [5.41, 5.74) is 0.519. The number of nitrogens with one attached hydrogen (secondary N) is 1. The van der Waals surface area contributed by atoms with Crippen LogP contribution in [0.2, 0.25) is 5.02 Å². The van der Waals surface area contributed by atoms with Crippen LogP contribution in [0.15, 0.2) is 24.3 Å². The van der Waals surface area contributed by atoms with Crippen molar-refractivity contribution in [1.29, 1.82) is 0 Å². The molecule has 0 atom stereocenters. The maximum Gasteiger partial charge on any atom is 0.251 e. The van der Waals surface area contributed by atoms with Crippen molar-refractivity contribution < 1.29 is 14.3 Å². The maximum atomic E-state index is 12.1. The lowest BCUT2D eigenvalue weighted by atomic mass is 10.2. The Morgan fingerprint density at radius 3 is 2.71 bits per heavy atom. The number of ether oxygens (including phenoxy) is 1. The molecule has 1 N–H and O–H groups in total. The molecule has 0 radical (unpaired) electrons. The largest absolute Gasteiger partial charge is 0.379 e. The Hall–Kier alpha value is -1.63. The molecule has 2 rings (SSSR count). The van der Waals surface area contributed by atoms with E-state index in [0.717, 1.165) is 32.8 Å². The third kappa shape index (κ3) is 6.11. The van der Waals surface area contributed by atoms with E-state index < -0.39 is 0 Å². The predicted octanol–water partition coefficient (Wildman–Crippen LogP) is 1.25. The van der Waals surface area contributed by atoms with Crippen LogP contribution >= 0.6 is 11.6 Å². The Bertz CT molecular complexity index is 562. The fourth-order valence-corrected chi connectivity index (χ4v) is 2.74. The lowest BCUT2D eigenvalue weighted by Gasteiger charge is -2.29. The van der Waals surface area contributed by atoms with E-state index in [-0.39, 0.29) is 11.8 Å². The summed E-state index contributed by atoms with van der Waals surface area (Å²) in [5.74, 6) is -0.172. The van der Waals surface area contributed by atoms with Crippen molar-refractivity contribution in [3.8, 4) is 0 Å². The molecule has 132 valence electrons. The number of hydrogen-bond donors (Lipinski definition) is 1. The molecule has 1 saturated heterocycles. The first-order chi connectivity index (χ1) is 11.6. The minimum absolute atomic E-state index is 0.0141. The van der Waals surface area contributed by atoms with Gasteiger partial charge < -0.3 is 15.0 Å².